The molecule has 0 N–H and O–H groups in total. The van der Waals surface area contributed by atoms with Crippen molar-refractivity contribution in [2.45, 2.75) is 30.9 Å². The average molecular weight is 391 g/mol. The average Bonchev–Trinajstić information content (AvgIpc) is 3.12. The Hall–Kier alpha value is -0.820. The first kappa shape index (κ1) is 18.0. The number of piperazine rings is 1. The van der Waals surface area contributed by atoms with Gasteiger partial charge in [0.2, 0.25) is 10.0 Å². The first-order chi connectivity index (χ1) is 11.4. The van der Waals surface area contributed by atoms with E-state index < -0.39 is 10.0 Å². The number of carbonyl (C=O) groups is 1. The Morgan fingerprint density at radius 2 is 1.62 bits per heavy atom. The molecule has 0 unspecified atom stereocenters. The molecular formula is C16H20Cl2N2O3S. The number of hydrogen-bond donors (Lipinski definition) is 0. The fourth-order valence-electron chi connectivity index (χ4n) is 3.35. The summed E-state index contributed by atoms with van der Waals surface area (Å²) in [4.78, 5) is 14.2. The lowest BCUT2D eigenvalue weighted by molar-refractivity contribution is 0.0697. The molecule has 1 heterocycles. The predicted molar refractivity (Wildman–Crippen MR) is 95.1 cm³/mol. The van der Waals surface area contributed by atoms with E-state index in [4.69, 9.17) is 23.2 Å². The van der Waals surface area contributed by atoms with Crippen molar-refractivity contribution in [3.05, 3.63) is 33.8 Å². The Kier molecular flexibility index (Phi) is 5.39. The number of sulfonamides is 1. The molecule has 0 aromatic heterocycles. The van der Waals surface area contributed by atoms with E-state index in [1.165, 1.54) is 0 Å². The van der Waals surface area contributed by atoms with Gasteiger partial charge in [0.05, 0.1) is 15.3 Å². The zero-order valence-electron chi connectivity index (χ0n) is 13.2. The molecule has 24 heavy (non-hydrogen) atoms. The van der Waals surface area contributed by atoms with E-state index in [-0.39, 0.29) is 11.2 Å². The fourth-order valence-corrected chi connectivity index (χ4v) is 5.68. The van der Waals surface area contributed by atoms with E-state index in [0.29, 0.717) is 41.8 Å². The largest absolute Gasteiger partial charge is 0.336 e. The summed E-state index contributed by atoms with van der Waals surface area (Å²) < 4.78 is 26.8. The third-order valence-corrected chi connectivity index (χ3v) is 7.91. The predicted octanol–water partition coefficient (Wildman–Crippen LogP) is 3.02. The summed E-state index contributed by atoms with van der Waals surface area (Å²) in [6, 6.07) is 4.78. The first-order valence-corrected chi connectivity index (χ1v) is 10.4. The fraction of sp³-hybridized carbons (Fsp3) is 0.562. The molecule has 1 aliphatic heterocycles. The van der Waals surface area contributed by atoms with Crippen molar-refractivity contribution in [2.75, 3.05) is 26.2 Å². The molecule has 2 fully saturated rings. The van der Waals surface area contributed by atoms with E-state index in [1.54, 1.807) is 27.4 Å². The molecule has 0 radical (unpaired) electrons. The molecule has 132 valence electrons. The number of hydrogen-bond acceptors (Lipinski definition) is 3. The lowest BCUT2D eigenvalue weighted by Gasteiger charge is -2.35. The Morgan fingerprint density at radius 3 is 2.21 bits per heavy atom. The summed E-state index contributed by atoms with van der Waals surface area (Å²) in [7, 11) is -3.23. The standard InChI is InChI=1S/C16H20Cl2N2O3S/c17-14-6-5-12(11-15(14)18)16(21)19-7-9-20(10-8-19)24(22,23)13-3-1-2-4-13/h5-6,11,13H,1-4,7-10H2. The molecule has 1 aromatic rings. The summed E-state index contributed by atoms with van der Waals surface area (Å²) in [5, 5.41) is 0.500. The maximum Gasteiger partial charge on any atom is 0.253 e. The highest BCUT2D eigenvalue weighted by atomic mass is 35.5. The van der Waals surface area contributed by atoms with E-state index in [0.717, 1.165) is 25.7 Å². The van der Waals surface area contributed by atoms with Gasteiger partial charge < -0.3 is 4.90 Å². The van der Waals surface area contributed by atoms with Gasteiger partial charge in [-0.25, -0.2) is 8.42 Å². The zero-order valence-corrected chi connectivity index (χ0v) is 15.6. The van der Waals surface area contributed by atoms with Crippen molar-refractivity contribution in [1.82, 2.24) is 9.21 Å². The molecule has 1 saturated carbocycles. The zero-order chi connectivity index (χ0) is 17.3. The minimum Gasteiger partial charge on any atom is -0.336 e. The van der Waals surface area contributed by atoms with Crippen LogP contribution < -0.4 is 0 Å². The third kappa shape index (κ3) is 3.57. The number of carbonyl (C=O) groups excluding carboxylic acids is 1. The van der Waals surface area contributed by atoms with Crippen molar-refractivity contribution in [3.63, 3.8) is 0 Å². The van der Waals surface area contributed by atoms with Crippen molar-refractivity contribution < 1.29 is 13.2 Å². The van der Waals surface area contributed by atoms with Crippen LogP contribution in [0.5, 0.6) is 0 Å². The second kappa shape index (κ2) is 7.20. The SMILES string of the molecule is O=C(c1ccc(Cl)c(Cl)c1)N1CCN(S(=O)(=O)C2CCCC2)CC1. The van der Waals surface area contributed by atoms with Gasteiger partial charge in [-0.05, 0) is 31.0 Å². The van der Waals surface area contributed by atoms with Gasteiger partial charge in [-0.15, -0.1) is 0 Å². The molecule has 8 heteroatoms. The highest BCUT2D eigenvalue weighted by Crippen LogP contribution is 2.28. The summed E-state index contributed by atoms with van der Waals surface area (Å²) in [6.45, 7) is 1.49. The van der Waals surface area contributed by atoms with Gasteiger partial charge in [0.25, 0.3) is 5.91 Å². The Balaban J connectivity index is 1.64. The van der Waals surface area contributed by atoms with Crippen LogP contribution in [-0.2, 0) is 10.0 Å². The summed E-state index contributed by atoms with van der Waals surface area (Å²) >= 11 is 11.8. The van der Waals surface area contributed by atoms with Crippen molar-refractivity contribution >= 4 is 39.1 Å². The summed E-state index contributed by atoms with van der Waals surface area (Å²) in [5.74, 6) is -0.147. The van der Waals surface area contributed by atoms with Crippen LogP contribution in [0.3, 0.4) is 0 Å². The van der Waals surface area contributed by atoms with E-state index in [9.17, 15) is 13.2 Å². The number of amides is 1. The van der Waals surface area contributed by atoms with Crippen LogP contribution >= 0.6 is 23.2 Å². The van der Waals surface area contributed by atoms with Gasteiger partial charge in [0, 0.05) is 31.7 Å². The lowest BCUT2D eigenvalue weighted by atomic mass is 10.2. The molecular weight excluding hydrogens is 371 g/mol. The third-order valence-electron chi connectivity index (χ3n) is 4.78. The van der Waals surface area contributed by atoms with Crippen molar-refractivity contribution in [3.8, 4) is 0 Å². The van der Waals surface area contributed by atoms with Crippen molar-refractivity contribution in [1.29, 1.82) is 0 Å². The Bertz CT molecular complexity index is 725. The summed E-state index contributed by atoms with van der Waals surface area (Å²) in [5.41, 5.74) is 0.469. The van der Waals surface area contributed by atoms with Crippen LogP contribution in [0, 0.1) is 0 Å². The second-order valence-electron chi connectivity index (χ2n) is 6.27. The highest BCUT2D eigenvalue weighted by molar-refractivity contribution is 7.89. The Morgan fingerprint density at radius 1 is 1.00 bits per heavy atom. The highest BCUT2D eigenvalue weighted by Gasteiger charge is 2.36. The van der Waals surface area contributed by atoms with E-state index in [2.05, 4.69) is 0 Å². The van der Waals surface area contributed by atoms with Gasteiger partial charge >= 0.3 is 0 Å². The molecule has 0 spiro atoms. The molecule has 1 aromatic carbocycles. The molecule has 0 bridgehead atoms. The molecule has 3 rings (SSSR count). The summed E-state index contributed by atoms with van der Waals surface area (Å²) in [6.07, 6.45) is 3.48. The number of halogens is 2. The minimum absolute atomic E-state index is 0.147. The molecule has 1 amide bonds. The lowest BCUT2D eigenvalue weighted by Crippen LogP contribution is -2.52. The maximum atomic E-state index is 12.6. The normalized spacial score (nSPS) is 20.5. The van der Waals surface area contributed by atoms with E-state index >= 15 is 0 Å². The molecule has 2 aliphatic rings. The van der Waals surface area contributed by atoms with Gasteiger partial charge in [-0.3, -0.25) is 4.79 Å². The molecule has 5 nitrogen and oxygen atoms in total. The van der Waals surface area contributed by atoms with Crippen LogP contribution in [0.4, 0.5) is 0 Å². The monoisotopic (exact) mass is 390 g/mol. The van der Waals surface area contributed by atoms with Crippen LogP contribution in [0.2, 0.25) is 10.0 Å². The van der Waals surface area contributed by atoms with Crippen LogP contribution in [0.1, 0.15) is 36.0 Å². The van der Waals surface area contributed by atoms with Crippen LogP contribution in [-0.4, -0.2) is 55.0 Å². The molecule has 0 atom stereocenters. The van der Waals surface area contributed by atoms with Gasteiger partial charge in [-0.2, -0.15) is 4.31 Å². The smallest absolute Gasteiger partial charge is 0.253 e. The minimum atomic E-state index is -3.23. The van der Waals surface area contributed by atoms with Gasteiger partial charge in [0.15, 0.2) is 0 Å². The second-order valence-corrected chi connectivity index (χ2v) is 9.30. The number of benzene rings is 1. The number of nitrogens with zero attached hydrogens (tertiary/aromatic N) is 2. The number of rotatable bonds is 3. The molecule has 1 saturated heterocycles. The quantitative estimate of drug-likeness (QED) is 0.796. The van der Waals surface area contributed by atoms with Crippen molar-refractivity contribution in [2.24, 2.45) is 0 Å². The maximum absolute atomic E-state index is 12.6. The molecule has 1 aliphatic carbocycles. The topological polar surface area (TPSA) is 57.7 Å². The Labute approximate surface area is 152 Å². The van der Waals surface area contributed by atoms with E-state index in [1.807, 2.05) is 0 Å². The van der Waals surface area contributed by atoms with Gasteiger partial charge in [-0.1, -0.05) is 36.0 Å². The first-order valence-electron chi connectivity index (χ1n) is 8.13. The van der Waals surface area contributed by atoms with Crippen LogP contribution in [0.15, 0.2) is 18.2 Å². The van der Waals surface area contributed by atoms with Gasteiger partial charge in [0.1, 0.15) is 0 Å². The van der Waals surface area contributed by atoms with Crippen LogP contribution in [0.25, 0.3) is 0 Å².